The van der Waals surface area contributed by atoms with Gasteiger partial charge >= 0.3 is 0 Å². The number of rotatable bonds is 2. The Kier molecular flexibility index (Phi) is 4.13. The molecule has 1 aromatic rings. The molecule has 2 fully saturated rings. The van der Waals surface area contributed by atoms with Gasteiger partial charge in [-0.2, -0.15) is 0 Å². The number of benzene rings is 1. The molecule has 0 radical (unpaired) electrons. The van der Waals surface area contributed by atoms with E-state index in [4.69, 9.17) is 21.1 Å². The highest BCUT2D eigenvalue weighted by Crippen LogP contribution is 2.41. The zero-order chi connectivity index (χ0) is 14.0. The molecule has 0 bridgehead atoms. The maximum Gasteiger partial charge on any atom is 0.169 e. The minimum atomic E-state index is -0.729. The first-order valence-electron chi connectivity index (χ1n) is 7.09. The largest absolute Gasteiger partial charge is 0.383 e. The van der Waals surface area contributed by atoms with E-state index < -0.39 is 11.9 Å². The van der Waals surface area contributed by atoms with Crippen molar-refractivity contribution in [3.8, 4) is 0 Å². The molecule has 1 saturated heterocycles. The Bertz CT molecular complexity index is 480. The van der Waals surface area contributed by atoms with Gasteiger partial charge in [0.05, 0.1) is 18.2 Å². The minimum absolute atomic E-state index is 0.391. The summed E-state index contributed by atoms with van der Waals surface area (Å²) in [6.07, 6.45) is 2.55. The lowest BCUT2D eigenvalue weighted by molar-refractivity contribution is -0.171. The molecule has 2 aliphatic rings. The topological polar surface area (TPSA) is 38.7 Å². The monoisotopic (exact) mass is 294 g/mol. The molecule has 1 spiro atoms. The molecule has 108 valence electrons. The standard InChI is InChI=1S/C16H19ClO3/c17-14(15(18)13-4-2-1-3-5-13)12-6-8-16(9-7-12)19-10-11-20-16/h1-5,15,18H,6-11H2. The molecule has 1 heterocycles. The Morgan fingerprint density at radius 1 is 1.10 bits per heavy atom. The van der Waals surface area contributed by atoms with E-state index in [9.17, 15) is 5.11 Å². The highest BCUT2D eigenvalue weighted by Gasteiger charge is 2.39. The van der Waals surface area contributed by atoms with Crippen LogP contribution in [0, 0.1) is 0 Å². The van der Waals surface area contributed by atoms with Gasteiger partial charge in [0.1, 0.15) is 6.10 Å². The summed E-state index contributed by atoms with van der Waals surface area (Å²) in [5, 5.41) is 10.9. The van der Waals surface area contributed by atoms with Crippen LogP contribution < -0.4 is 0 Å². The fraction of sp³-hybridized carbons (Fsp3) is 0.500. The zero-order valence-corrected chi connectivity index (χ0v) is 12.1. The Labute approximate surface area is 124 Å². The third-order valence-electron chi connectivity index (χ3n) is 4.12. The maximum atomic E-state index is 10.3. The number of hydrogen-bond donors (Lipinski definition) is 1. The summed E-state index contributed by atoms with van der Waals surface area (Å²) in [7, 11) is 0. The van der Waals surface area contributed by atoms with Crippen LogP contribution in [0.1, 0.15) is 37.4 Å². The van der Waals surface area contributed by atoms with Crippen LogP contribution in [0.5, 0.6) is 0 Å². The van der Waals surface area contributed by atoms with Gasteiger partial charge in [0.15, 0.2) is 5.79 Å². The summed E-state index contributed by atoms with van der Waals surface area (Å²) in [4.78, 5) is 0. The number of aliphatic hydroxyl groups is 1. The molecule has 4 heteroatoms. The van der Waals surface area contributed by atoms with Crippen molar-refractivity contribution in [2.24, 2.45) is 0 Å². The number of aliphatic hydroxyl groups excluding tert-OH is 1. The molecule has 1 saturated carbocycles. The highest BCUT2D eigenvalue weighted by atomic mass is 35.5. The smallest absolute Gasteiger partial charge is 0.169 e. The van der Waals surface area contributed by atoms with Gasteiger partial charge in [-0.25, -0.2) is 0 Å². The third kappa shape index (κ3) is 2.77. The first kappa shape index (κ1) is 14.1. The van der Waals surface area contributed by atoms with Crippen molar-refractivity contribution in [3.05, 3.63) is 46.5 Å². The maximum absolute atomic E-state index is 10.3. The van der Waals surface area contributed by atoms with Gasteiger partial charge in [-0.15, -0.1) is 0 Å². The van der Waals surface area contributed by atoms with Gasteiger partial charge in [0, 0.05) is 12.8 Å². The molecule has 1 aliphatic carbocycles. The fourth-order valence-corrected chi connectivity index (χ4v) is 3.25. The van der Waals surface area contributed by atoms with Crippen LogP contribution >= 0.6 is 11.6 Å². The second kappa shape index (κ2) is 5.86. The van der Waals surface area contributed by atoms with E-state index in [1.54, 1.807) is 0 Å². The Morgan fingerprint density at radius 2 is 1.70 bits per heavy atom. The predicted molar refractivity (Wildman–Crippen MR) is 77.4 cm³/mol. The van der Waals surface area contributed by atoms with Crippen LogP contribution in [-0.4, -0.2) is 24.1 Å². The van der Waals surface area contributed by atoms with Gasteiger partial charge < -0.3 is 14.6 Å². The Balaban J connectivity index is 1.71. The lowest BCUT2D eigenvalue weighted by atomic mass is 9.88. The number of halogens is 1. The van der Waals surface area contributed by atoms with Gasteiger partial charge in [-0.05, 0) is 18.4 Å². The Morgan fingerprint density at radius 3 is 2.30 bits per heavy atom. The van der Waals surface area contributed by atoms with Crippen LogP contribution in [0.25, 0.3) is 0 Å². The molecular formula is C16H19ClO3. The number of allylic oxidation sites excluding steroid dienone is 1. The molecular weight excluding hydrogens is 276 g/mol. The van der Waals surface area contributed by atoms with E-state index in [1.807, 2.05) is 30.3 Å². The van der Waals surface area contributed by atoms with Crippen molar-refractivity contribution in [2.75, 3.05) is 13.2 Å². The SMILES string of the molecule is OC(C(Cl)=C1CCC2(CC1)OCCO2)c1ccccc1. The van der Waals surface area contributed by atoms with Crippen molar-refractivity contribution >= 4 is 11.6 Å². The van der Waals surface area contributed by atoms with E-state index in [1.165, 1.54) is 0 Å². The molecule has 3 nitrogen and oxygen atoms in total. The Hall–Kier alpha value is -0.870. The third-order valence-corrected chi connectivity index (χ3v) is 4.60. The van der Waals surface area contributed by atoms with E-state index in [0.29, 0.717) is 18.2 Å². The van der Waals surface area contributed by atoms with Crippen molar-refractivity contribution in [1.29, 1.82) is 0 Å². The molecule has 1 N–H and O–H groups in total. The van der Waals surface area contributed by atoms with Gasteiger partial charge in [0.25, 0.3) is 0 Å². The van der Waals surface area contributed by atoms with Gasteiger partial charge in [0.2, 0.25) is 0 Å². The summed E-state index contributed by atoms with van der Waals surface area (Å²) in [6, 6.07) is 9.52. The summed E-state index contributed by atoms with van der Waals surface area (Å²) in [5.41, 5.74) is 1.95. The average Bonchev–Trinajstić information content (AvgIpc) is 2.96. The van der Waals surface area contributed by atoms with E-state index in [2.05, 4.69) is 0 Å². The van der Waals surface area contributed by atoms with E-state index >= 15 is 0 Å². The lowest BCUT2D eigenvalue weighted by Crippen LogP contribution is -2.33. The summed E-state index contributed by atoms with van der Waals surface area (Å²) in [5.74, 6) is -0.391. The molecule has 1 unspecified atom stereocenters. The quantitative estimate of drug-likeness (QED) is 0.907. The predicted octanol–water partition coefficient (Wildman–Crippen LogP) is 3.53. The van der Waals surface area contributed by atoms with Crippen molar-refractivity contribution in [2.45, 2.75) is 37.6 Å². The molecule has 3 rings (SSSR count). The highest BCUT2D eigenvalue weighted by molar-refractivity contribution is 6.30. The second-order valence-electron chi connectivity index (χ2n) is 5.37. The average molecular weight is 295 g/mol. The van der Waals surface area contributed by atoms with Crippen LogP contribution in [0.3, 0.4) is 0 Å². The summed E-state index contributed by atoms with van der Waals surface area (Å²) < 4.78 is 11.4. The molecule has 0 aromatic heterocycles. The summed E-state index contributed by atoms with van der Waals surface area (Å²) >= 11 is 6.39. The molecule has 1 atom stereocenters. The van der Waals surface area contributed by atoms with Gasteiger partial charge in [-0.3, -0.25) is 0 Å². The first-order chi connectivity index (χ1) is 9.70. The summed E-state index contributed by atoms with van der Waals surface area (Å²) in [6.45, 7) is 1.36. The van der Waals surface area contributed by atoms with Crippen LogP contribution in [-0.2, 0) is 9.47 Å². The van der Waals surface area contributed by atoms with E-state index in [0.717, 1.165) is 36.8 Å². The molecule has 1 aromatic carbocycles. The number of ether oxygens (including phenoxy) is 2. The molecule has 0 amide bonds. The van der Waals surface area contributed by atoms with Crippen LogP contribution in [0.4, 0.5) is 0 Å². The van der Waals surface area contributed by atoms with Crippen molar-refractivity contribution in [3.63, 3.8) is 0 Å². The van der Waals surface area contributed by atoms with Gasteiger partial charge in [-0.1, -0.05) is 47.5 Å². The normalized spacial score (nSPS) is 23.0. The van der Waals surface area contributed by atoms with Crippen LogP contribution in [0.15, 0.2) is 40.9 Å². The minimum Gasteiger partial charge on any atom is -0.383 e. The molecule has 1 aliphatic heterocycles. The zero-order valence-electron chi connectivity index (χ0n) is 11.3. The lowest BCUT2D eigenvalue weighted by Gasteiger charge is -2.33. The fourth-order valence-electron chi connectivity index (χ4n) is 2.93. The van der Waals surface area contributed by atoms with Crippen LogP contribution in [0.2, 0.25) is 0 Å². The van der Waals surface area contributed by atoms with Crippen molar-refractivity contribution in [1.82, 2.24) is 0 Å². The molecule has 20 heavy (non-hydrogen) atoms. The van der Waals surface area contributed by atoms with Crippen molar-refractivity contribution < 1.29 is 14.6 Å². The van der Waals surface area contributed by atoms with E-state index in [-0.39, 0.29) is 0 Å². The first-order valence-corrected chi connectivity index (χ1v) is 7.46. The second-order valence-corrected chi connectivity index (χ2v) is 5.78. The number of hydrogen-bond acceptors (Lipinski definition) is 3.